The maximum absolute atomic E-state index is 12.0. The standard InChI is InChI=1S/C13H19BrN2O/c1-4-10(5-2)9(3)16-13(17)12-11(14)7-6-8-15-12/h6-10H,4-5H2,1-3H3,(H,16,17). The van der Waals surface area contributed by atoms with Gasteiger partial charge in [0.15, 0.2) is 0 Å². The fourth-order valence-electron chi connectivity index (χ4n) is 1.94. The van der Waals surface area contributed by atoms with Crippen LogP contribution in [0, 0.1) is 5.92 Å². The number of amides is 1. The summed E-state index contributed by atoms with van der Waals surface area (Å²) in [5, 5.41) is 3.01. The molecule has 0 aromatic carbocycles. The molecular formula is C13H19BrN2O. The van der Waals surface area contributed by atoms with Crippen molar-refractivity contribution in [1.29, 1.82) is 0 Å². The molecule has 1 N–H and O–H groups in total. The van der Waals surface area contributed by atoms with Crippen molar-refractivity contribution in [3.63, 3.8) is 0 Å². The summed E-state index contributed by atoms with van der Waals surface area (Å²) in [6.45, 7) is 6.34. The molecule has 0 aliphatic carbocycles. The van der Waals surface area contributed by atoms with E-state index >= 15 is 0 Å². The molecule has 1 aromatic heterocycles. The van der Waals surface area contributed by atoms with Gasteiger partial charge in [0, 0.05) is 16.7 Å². The minimum absolute atomic E-state index is 0.114. The van der Waals surface area contributed by atoms with E-state index in [1.807, 2.05) is 13.0 Å². The fraction of sp³-hybridized carbons (Fsp3) is 0.538. The third kappa shape index (κ3) is 3.80. The first kappa shape index (κ1) is 14.2. The van der Waals surface area contributed by atoms with Crippen molar-refractivity contribution in [3.8, 4) is 0 Å². The highest BCUT2D eigenvalue weighted by Crippen LogP contribution is 2.16. The second-order valence-corrected chi connectivity index (χ2v) is 5.03. The highest BCUT2D eigenvalue weighted by molar-refractivity contribution is 9.10. The molecule has 1 amide bonds. The van der Waals surface area contributed by atoms with Crippen molar-refractivity contribution in [3.05, 3.63) is 28.5 Å². The number of hydrogen-bond acceptors (Lipinski definition) is 2. The Balaban J connectivity index is 2.70. The smallest absolute Gasteiger partial charge is 0.271 e. The molecule has 0 aliphatic heterocycles. The number of nitrogens with zero attached hydrogens (tertiary/aromatic N) is 1. The normalized spacial score (nSPS) is 12.5. The van der Waals surface area contributed by atoms with E-state index in [0.717, 1.165) is 17.3 Å². The Kier molecular flexibility index (Phi) is 5.62. The molecule has 1 aromatic rings. The first-order valence-corrected chi connectivity index (χ1v) is 6.80. The molecule has 94 valence electrons. The minimum atomic E-state index is -0.114. The summed E-state index contributed by atoms with van der Waals surface area (Å²) in [7, 11) is 0. The van der Waals surface area contributed by atoms with Crippen LogP contribution in [0.3, 0.4) is 0 Å². The monoisotopic (exact) mass is 298 g/mol. The van der Waals surface area contributed by atoms with Gasteiger partial charge in [-0.3, -0.25) is 4.79 Å². The molecule has 0 fully saturated rings. The zero-order chi connectivity index (χ0) is 12.8. The number of halogens is 1. The number of hydrogen-bond donors (Lipinski definition) is 1. The Labute approximate surface area is 111 Å². The summed E-state index contributed by atoms with van der Waals surface area (Å²) in [6.07, 6.45) is 3.77. The molecule has 1 rings (SSSR count). The second kappa shape index (κ2) is 6.74. The van der Waals surface area contributed by atoms with Crippen LogP contribution in [-0.4, -0.2) is 16.9 Å². The second-order valence-electron chi connectivity index (χ2n) is 4.17. The van der Waals surface area contributed by atoms with Gasteiger partial charge >= 0.3 is 0 Å². The highest BCUT2D eigenvalue weighted by Gasteiger charge is 2.18. The number of aromatic nitrogens is 1. The third-order valence-electron chi connectivity index (χ3n) is 3.09. The van der Waals surface area contributed by atoms with Gasteiger partial charge in [0.25, 0.3) is 5.91 Å². The highest BCUT2D eigenvalue weighted by atomic mass is 79.9. The number of carbonyl (C=O) groups is 1. The molecule has 4 heteroatoms. The van der Waals surface area contributed by atoms with Gasteiger partial charge in [-0.05, 0) is 40.9 Å². The Morgan fingerprint density at radius 2 is 2.12 bits per heavy atom. The summed E-state index contributed by atoms with van der Waals surface area (Å²) in [5.74, 6) is 0.401. The van der Waals surface area contributed by atoms with Gasteiger partial charge < -0.3 is 5.32 Å². The molecule has 0 saturated heterocycles. The molecule has 0 spiro atoms. The Bertz CT molecular complexity index is 377. The number of pyridine rings is 1. The number of rotatable bonds is 5. The van der Waals surface area contributed by atoms with E-state index in [0.29, 0.717) is 11.6 Å². The predicted octanol–water partition coefficient (Wildman–Crippen LogP) is 3.40. The van der Waals surface area contributed by atoms with Gasteiger partial charge in [0.05, 0.1) is 0 Å². The van der Waals surface area contributed by atoms with E-state index < -0.39 is 0 Å². The molecule has 0 bridgehead atoms. The summed E-state index contributed by atoms with van der Waals surface area (Å²) in [4.78, 5) is 16.1. The van der Waals surface area contributed by atoms with E-state index in [9.17, 15) is 4.79 Å². The Morgan fingerprint density at radius 1 is 1.47 bits per heavy atom. The lowest BCUT2D eigenvalue weighted by atomic mass is 9.95. The van der Waals surface area contributed by atoms with Crippen molar-refractivity contribution in [2.75, 3.05) is 0 Å². The first-order chi connectivity index (χ1) is 8.10. The Morgan fingerprint density at radius 3 is 2.65 bits per heavy atom. The number of nitrogens with one attached hydrogen (secondary N) is 1. The van der Waals surface area contributed by atoms with Crippen LogP contribution in [0.1, 0.15) is 44.1 Å². The van der Waals surface area contributed by atoms with Gasteiger partial charge in [-0.25, -0.2) is 4.98 Å². The fourth-order valence-corrected chi connectivity index (χ4v) is 2.38. The van der Waals surface area contributed by atoms with E-state index in [1.165, 1.54) is 0 Å². The average molecular weight is 299 g/mol. The molecule has 0 saturated carbocycles. The van der Waals surface area contributed by atoms with Gasteiger partial charge in [0.2, 0.25) is 0 Å². The van der Waals surface area contributed by atoms with Crippen LogP contribution in [0.4, 0.5) is 0 Å². The van der Waals surface area contributed by atoms with Crippen molar-refractivity contribution in [2.24, 2.45) is 5.92 Å². The van der Waals surface area contributed by atoms with Crippen molar-refractivity contribution < 1.29 is 4.79 Å². The molecule has 1 unspecified atom stereocenters. The summed E-state index contributed by atoms with van der Waals surface area (Å²) < 4.78 is 0.731. The molecule has 17 heavy (non-hydrogen) atoms. The third-order valence-corrected chi connectivity index (χ3v) is 3.73. The molecule has 1 heterocycles. The molecular weight excluding hydrogens is 280 g/mol. The number of carbonyl (C=O) groups excluding carboxylic acids is 1. The predicted molar refractivity (Wildman–Crippen MR) is 72.9 cm³/mol. The molecule has 0 aliphatic rings. The average Bonchev–Trinajstić information content (AvgIpc) is 2.31. The molecule has 3 nitrogen and oxygen atoms in total. The van der Waals surface area contributed by atoms with Gasteiger partial charge in [-0.1, -0.05) is 26.7 Å². The van der Waals surface area contributed by atoms with Gasteiger partial charge in [-0.15, -0.1) is 0 Å². The summed E-state index contributed by atoms with van der Waals surface area (Å²) in [5.41, 5.74) is 0.449. The maximum atomic E-state index is 12.0. The van der Waals surface area contributed by atoms with Crippen LogP contribution in [-0.2, 0) is 0 Å². The van der Waals surface area contributed by atoms with Gasteiger partial charge in [-0.2, -0.15) is 0 Å². The van der Waals surface area contributed by atoms with E-state index in [-0.39, 0.29) is 11.9 Å². The maximum Gasteiger partial charge on any atom is 0.271 e. The van der Waals surface area contributed by atoms with Gasteiger partial charge in [0.1, 0.15) is 5.69 Å². The first-order valence-electron chi connectivity index (χ1n) is 6.01. The van der Waals surface area contributed by atoms with Crippen LogP contribution in [0.15, 0.2) is 22.8 Å². The van der Waals surface area contributed by atoms with Crippen molar-refractivity contribution in [1.82, 2.24) is 10.3 Å². The SMILES string of the molecule is CCC(CC)C(C)NC(=O)c1ncccc1Br. The topological polar surface area (TPSA) is 42.0 Å². The van der Waals surface area contributed by atoms with Crippen molar-refractivity contribution in [2.45, 2.75) is 39.7 Å². The summed E-state index contributed by atoms with van der Waals surface area (Å²) >= 11 is 3.33. The van der Waals surface area contributed by atoms with Crippen LogP contribution >= 0.6 is 15.9 Å². The molecule has 0 radical (unpaired) electrons. The van der Waals surface area contributed by atoms with Crippen LogP contribution in [0.2, 0.25) is 0 Å². The van der Waals surface area contributed by atoms with Crippen molar-refractivity contribution >= 4 is 21.8 Å². The van der Waals surface area contributed by atoms with Crippen LogP contribution < -0.4 is 5.32 Å². The molecule has 1 atom stereocenters. The zero-order valence-electron chi connectivity index (χ0n) is 10.5. The van der Waals surface area contributed by atoms with Crippen LogP contribution in [0.5, 0.6) is 0 Å². The van der Waals surface area contributed by atoms with E-state index in [4.69, 9.17) is 0 Å². The lowest BCUT2D eigenvalue weighted by Gasteiger charge is -2.22. The van der Waals surface area contributed by atoms with E-state index in [1.54, 1.807) is 12.3 Å². The minimum Gasteiger partial charge on any atom is -0.348 e. The lowest BCUT2D eigenvalue weighted by molar-refractivity contribution is 0.0919. The zero-order valence-corrected chi connectivity index (χ0v) is 12.1. The lowest BCUT2D eigenvalue weighted by Crippen LogP contribution is -2.38. The summed E-state index contributed by atoms with van der Waals surface area (Å²) in [6, 6.07) is 3.79. The van der Waals surface area contributed by atoms with Crippen LogP contribution in [0.25, 0.3) is 0 Å². The largest absolute Gasteiger partial charge is 0.348 e. The van der Waals surface area contributed by atoms with E-state index in [2.05, 4.69) is 40.1 Å². The quantitative estimate of drug-likeness (QED) is 0.905. The Hall–Kier alpha value is -0.900.